The van der Waals surface area contributed by atoms with Crippen molar-refractivity contribution >= 4 is 5.91 Å². The molecule has 1 aliphatic heterocycles. The molecule has 1 aliphatic rings. The zero-order valence-corrected chi connectivity index (χ0v) is 17.5. The first-order valence-corrected chi connectivity index (χ1v) is 10.6. The molecule has 2 atom stereocenters. The van der Waals surface area contributed by atoms with Gasteiger partial charge in [-0.25, -0.2) is 4.68 Å². The summed E-state index contributed by atoms with van der Waals surface area (Å²) in [5.74, 6) is 1.47. The molecule has 6 nitrogen and oxygen atoms in total. The van der Waals surface area contributed by atoms with Crippen molar-refractivity contribution < 1.29 is 4.79 Å². The number of benzene rings is 1. The van der Waals surface area contributed by atoms with E-state index < -0.39 is 0 Å². The lowest BCUT2D eigenvalue weighted by molar-refractivity contribution is -0.121. The van der Waals surface area contributed by atoms with Gasteiger partial charge in [0.1, 0.15) is 0 Å². The van der Waals surface area contributed by atoms with Crippen LogP contribution in [0, 0.1) is 11.8 Å². The molecule has 1 amide bonds. The minimum atomic E-state index is -0.189. The SMILES string of the molecule is C[C@@H]1C[C@@H](C)CN(CCCNC(=O)CCn2nc(-c3ccccc3)ccc2=O)C1. The van der Waals surface area contributed by atoms with Gasteiger partial charge in [0.15, 0.2) is 0 Å². The van der Waals surface area contributed by atoms with Crippen LogP contribution in [0.1, 0.15) is 33.1 Å². The van der Waals surface area contributed by atoms with Gasteiger partial charge in [0.2, 0.25) is 5.91 Å². The van der Waals surface area contributed by atoms with E-state index in [0.29, 0.717) is 6.54 Å². The number of aromatic nitrogens is 2. The summed E-state index contributed by atoms with van der Waals surface area (Å²) in [7, 11) is 0. The molecule has 0 unspecified atom stereocenters. The third kappa shape index (κ3) is 6.53. The number of likely N-dealkylation sites (tertiary alicyclic amines) is 1. The number of hydrogen-bond acceptors (Lipinski definition) is 4. The van der Waals surface area contributed by atoms with Gasteiger partial charge in [0.05, 0.1) is 12.2 Å². The second kappa shape index (κ2) is 10.3. The van der Waals surface area contributed by atoms with Gasteiger partial charge < -0.3 is 10.2 Å². The van der Waals surface area contributed by atoms with Gasteiger partial charge in [-0.3, -0.25) is 9.59 Å². The first kappa shape index (κ1) is 21.2. The lowest BCUT2D eigenvalue weighted by Crippen LogP contribution is -2.40. The highest BCUT2D eigenvalue weighted by Gasteiger charge is 2.21. The first-order valence-electron chi connectivity index (χ1n) is 10.6. The highest BCUT2D eigenvalue weighted by molar-refractivity contribution is 5.75. The molecule has 0 spiro atoms. The Balaban J connectivity index is 1.42. The predicted molar refractivity (Wildman–Crippen MR) is 116 cm³/mol. The zero-order valence-electron chi connectivity index (χ0n) is 17.5. The van der Waals surface area contributed by atoms with Crippen molar-refractivity contribution in [2.75, 3.05) is 26.2 Å². The summed E-state index contributed by atoms with van der Waals surface area (Å²) >= 11 is 0. The molecule has 0 radical (unpaired) electrons. The highest BCUT2D eigenvalue weighted by atomic mass is 16.2. The lowest BCUT2D eigenvalue weighted by Gasteiger charge is -2.34. The van der Waals surface area contributed by atoms with Gasteiger partial charge in [0, 0.05) is 37.7 Å². The maximum absolute atomic E-state index is 12.2. The number of carbonyl (C=O) groups is 1. The minimum absolute atomic E-state index is 0.0378. The number of piperidine rings is 1. The number of aryl methyl sites for hydroxylation is 1. The molecule has 0 aliphatic carbocycles. The second-order valence-corrected chi connectivity index (χ2v) is 8.31. The maximum atomic E-state index is 12.2. The molecule has 1 saturated heterocycles. The Hall–Kier alpha value is -2.47. The Labute approximate surface area is 172 Å². The van der Waals surface area contributed by atoms with E-state index in [1.807, 2.05) is 30.3 Å². The average Bonchev–Trinajstić information content (AvgIpc) is 2.70. The molecule has 0 bridgehead atoms. The molecule has 1 N–H and O–H groups in total. The Morgan fingerprint density at radius 2 is 1.79 bits per heavy atom. The van der Waals surface area contributed by atoms with Crippen LogP contribution in [-0.2, 0) is 11.3 Å². The summed E-state index contributed by atoms with van der Waals surface area (Å²) in [6.45, 7) is 8.92. The summed E-state index contributed by atoms with van der Waals surface area (Å²) < 4.78 is 1.37. The number of carbonyl (C=O) groups excluding carboxylic acids is 1. The van der Waals surface area contributed by atoms with Crippen molar-refractivity contribution in [3.63, 3.8) is 0 Å². The van der Waals surface area contributed by atoms with Crippen molar-refractivity contribution in [1.82, 2.24) is 20.0 Å². The number of hydrogen-bond donors (Lipinski definition) is 1. The number of rotatable bonds is 8. The van der Waals surface area contributed by atoms with Crippen LogP contribution in [0.3, 0.4) is 0 Å². The maximum Gasteiger partial charge on any atom is 0.266 e. The Morgan fingerprint density at radius 1 is 1.07 bits per heavy atom. The van der Waals surface area contributed by atoms with Crippen LogP contribution in [0.2, 0.25) is 0 Å². The van der Waals surface area contributed by atoms with E-state index in [1.165, 1.54) is 17.2 Å². The standard InChI is InChI=1S/C23H32N4O2/c1-18-15-19(2)17-26(16-18)13-6-12-24-22(28)11-14-27-23(29)10-9-21(25-27)20-7-4-3-5-8-20/h3-5,7-10,18-19H,6,11-17H2,1-2H3,(H,24,28)/t18-,19-/m1/s1. The fourth-order valence-corrected chi connectivity index (χ4v) is 4.17. The third-order valence-electron chi connectivity index (χ3n) is 5.40. The van der Waals surface area contributed by atoms with Gasteiger partial charge in [0.25, 0.3) is 5.56 Å². The van der Waals surface area contributed by atoms with E-state index in [4.69, 9.17) is 0 Å². The monoisotopic (exact) mass is 396 g/mol. The molecule has 29 heavy (non-hydrogen) atoms. The van der Waals surface area contributed by atoms with E-state index in [0.717, 1.165) is 49.1 Å². The van der Waals surface area contributed by atoms with Crippen LogP contribution >= 0.6 is 0 Å². The van der Waals surface area contributed by atoms with Gasteiger partial charge in [-0.1, -0.05) is 44.2 Å². The molecule has 3 rings (SSSR count). The van der Waals surface area contributed by atoms with E-state index in [1.54, 1.807) is 6.07 Å². The van der Waals surface area contributed by atoms with Gasteiger partial charge >= 0.3 is 0 Å². The van der Waals surface area contributed by atoms with Crippen molar-refractivity contribution in [2.24, 2.45) is 11.8 Å². The Bertz CT molecular complexity index is 839. The van der Waals surface area contributed by atoms with Crippen molar-refractivity contribution in [1.29, 1.82) is 0 Å². The fraction of sp³-hybridized carbons (Fsp3) is 0.522. The molecule has 0 saturated carbocycles. The quantitative estimate of drug-likeness (QED) is 0.697. The predicted octanol–water partition coefficient (Wildman–Crippen LogP) is 2.78. The normalized spacial score (nSPS) is 19.8. The zero-order chi connectivity index (χ0) is 20.6. The molecule has 6 heteroatoms. The summed E-state index contributed by atoms with van der Waals surface area (Å²) in [5.41, 5.74) is 1.49. The molecule has 1 aromatic heterocycles. The van der Waals surface area contributed by atoms with Crippen LogP contribution in [0.5, 0.6) is 0 Å². The molecular weight excluding hydrogens is 364 g/mol. The molecule has 1 aromatic carbocycles. The van der Waals surface area contributed by atoms with Gasteiger partial charge in [-0.05, 0) is 37.3 Å². The highest BCUT2D eigenvalue weighted by Crippen LogP contribution is 2.20. The molecule has 2 aromatic rings. The van der Waals surface area contributed by atoms with Crippen LogP contribution in [0.15, 0.2) is 47.3 Å². The van der Waals surface area contributed by atoms with E-state index in [-0.39, 0.29) is 24.4 Å². The molecular formula is C23H32N4O2. The Morgan fingerprint density at radius 3 is 2.52 bits per heavy atom. The summed E-state index contributed by atoms with van der Waals surface area (Å²) in [6, 6.07) is 12.9. The lowest BCUT2D eigenvalue weighted by atomic mass is 9.92. The topological polar surface area (TPSA) is 67.2 Å². The van der Waals surface area contributed by atoms with E-state index in [9.17, 15) is 9.59 Å². The van der Waals surface area contributed by atoms with E-state index >= 15 is 0 Å². The van der Waals surface area contributed by atoms with Crippen molar-refractivity contribution in [3.05, 3.63) is 52.8 Å². The number of nitrogens with one attached hydrogen (secondary N) is 1. The number of nitrogens with zero attached hydrogens (tertiary/aromatic N) is 3. The van der Waals surface area contributed by atoms with Crippen molar-refractivity contribution in [3.8, 4) is 11.3 Å². The molecule has 2 heterocycles. The Kier molecular flexibility index (Phi) is 7.58. The van der Waals surface area contributed by atoms with Crippen LogP contribution in [-0.4, -0.2) is 46.8 Å². The largest absolute Gasteiger partial charge is 0.356 e. The van der Waals surface area contributed by atoms with Crippen molar-refractivity contribution in [2.45, 2.75) is 39.7 Å². The van der Waals surface area contributed by atoms with Crippen LogP contribution < -0.4 is 10.9 Å². The summed E-state index contributed by atoms with van der Waals surface area (Å²) in [4.78, 5) is 26.7. The van der Waals surface area contributed by atoms with Gasteiger partial charge in [-0.2, -0.15) is 5.10 Å². The van der Waals surface area contributed by atoms with E-state index in [2.05, 4.69) is 29.2 Å². The third-order valence-corrected chi connectivity index (χ3v) is 5.40. The summed E-state index contributed by atoms with van der Waals surface area (Å²) in [6.07, 6.45) is 2.52. The minimum Gasteiger partial charge on any atom is -0.356 e. The second-order valence-electron chi connectivity index (χ2n) is 8.31. The smallest absolute Gasteiger partial charge is 0.266 e. The average molecular weight is 397 g/mol. The molecule has 156 valence electrons. The fourth-order valence-electron chi connectivity index (χ4n) is 4.17. The molecule has 1 fully saturated rings. The number of amides is 1. The van der Waals surface area contributed by atoms with Crippen LogP contribution in [0.4, 0.5) is 0 Å². The first-order chi connectivity index (χ1) is 14.0. The van der Waals surface area contributed by atoms with Gasteiger partial charge in [-0.15, -0.1) is 0 Å². The summed E-state index contributed by atoms with van der Waals surface area (Å²) in [5, 5.41) is 7.38. The van der Waals surface area contributed by atoms with Crippen LogP contribution in [0.25, 0.3) is 11.3 Å².